The summed E-state index contributed by atoms with van der Waals surface area (Å²) >= 11 is 0. The van der Waals surface area contributed by atoms with Crippen molar-refractivity contribution in [1.82, 2.24) is 0 Å². The average Bonchev–Trinajstić information content (AvgIpc) is 2.65. The van der Waals surface area contributed by atoms with Gasteiger partial charge in [-0.3, -0.25) is 0 Å². The molecule has 0 bridgehead atoms. The smallest absolute Gasteiger partial charge is 0.461 e. The summed E-state index contributed by atoms with van der Waals surface area (Å²) in [7, 11) is -1.91. The van der Waals surface area contributed by atoms with Crippen molar-refractivity contribution in [1.29, 1.82) is 0 Å². The van der Waals surface area contributed by atoms with Gasteiger partial charge in [-0.1, -0.05) is 0 Å². The van der Waals surface area contributed by atoms with Crippen LogP contribution in [0.3, 0.4) is 0 Å². The quantitative estimate of drug-likeness (QED) is 0.320. The second kappa shape index (κ2) is 10.1. The van der Waals surface area contributed by atoms with E-state index in [1.807, 2.05) is 0 Å². The van der Waals surface area contributed by atoms with Gasteiger partial charge in [0.15, 0.2) is 11.6 Å². The van der Waals surface area contributed by atoms with Gasteiger partial charge in [-0.25, -0.2) is 13.0 Å². The van der Waals surface area contributed by atoms with Crippen LogP contribution in [0.2, 0.25) is 0 Å². The maximum Gasteiger partial charge on any atom is 0.461 e. The fourth-order valence-electron chi connectivity index (χ4n) is 2.45. The maximum absolute atomic E-state index is 14.2. The Morgan fingerprint density at radius 3 is 2.18 bits per heavy atom. The van der Waals surface area contributed by atoms with E-state index in [0.717, 1.165) is 18.2 Å². The molecule has 2 aromatic rings. The molecule has 1 atom stereocenters. The summed E-state index contributed by atoms with van der Waals surface area (Å²) in [5.41, 5.74) is -0.238. The van der Waals surface area contributed by atoms with Gasteiger partial charge < -0.3 is 9.47 Å². The van der Waals surface area contributed by atoms with Crippen molar-refractivity contribution in [2.24, 2.45) is 4.40 Å². The van der Waals surface area contributed by atoms with Crippen LogP contribution in [0.5, 0.6) is 11.5 Å². The molecule has 0 aliphatic rings. The van der Waals surface area contributed by atoms with Crippen LogP contribution in [-0.2, 0) is 11.0 Å². The predicted molar refractivity (Wildman–Crippen MR) is 114 cm³/mol. The molecule has 0 aliphatic carbocycles. The van der Waals surface area contributed by atoms with E-state index in [1.165, 1.54) is 12.1 Å². The van der Waals surface area contributed by atoms with E-state index < -0.39 is 51.8 Å². The van der Waals surface area contributed by atoms with Crippen LogP contribution in [0, 0.1) is 11.6 Å². The first-order valence-corrected chi connectivity index (χ1v) is 10.8. The fraction of sp³-hybridized carbons (Fsp3) is 0.409. The molecular formula is C22H23F6NO3S. The molecule has 0 radical (unpaired) electrons. The van der Waals surface area contributed by atoms with Crippen LogP contribution in [0.15, 0.2) is 40.8 Å². The van der Waals surface area contributed by atoms with Crippen LogP contribution in [0.25, 0.3) is 0 Å². The third-order valence-electron chi connectivity index (χ3n) is 3.92. The molecule has 0 amide bonds. The van der Waals surface area contributed by atoms with Gasteiger partial charge in [0, 0.05) is 17.2 Å². The summed E-state index contributed by atoms with van der Waals surface area (Å²) < 4.78 is 106. The molecule has 2 aromatic carbocycles. The average molecular weight is 495 g/mol. The highest BCUT2D eigenvalue weighted by atomic mass is 32.2. The summed E-state index contributed by atoms with van der Waals surface area (Å²) in [5.74, 6) is -2.87. The Kier molecular flexibility index (Phi) is 8.21. The lowest BCUT2D eigenvalue weighted by molar-refractivity contribution is -0.253. The zero-order chi connectivity index (χ0) is 25.1. The van der Waals surface area contributed by atoms with Gasteiger partial charge in [0.05, 0.1) is 16.6 Å². The Balaban J connectivity index is 2.68. The van der Waals surface area contributed by atoms with Crippen LogP contribution >= 0.6 is 0 Å². The van der Waals surface area contributed by atoms with E-state index in [2.05, 4.69) is 9.13 Å². The van der Waals surface area contributed by atoms with E-state index in [4.69, 9.17) is 4.74 Å². The van der Waals surface area contributed by atoms with Crippen LogP contribution in [0.4, 0.5) is 26.3 Å². The minimum absolute atomic E-state index is 0.127. The molecule has 0 spiro atoms. The van der Waals surface area contributed by atoms with Crippen molar-refractivity contribution < 1.29 is 40.0 Å². The lowest BCUT2D eigenvalue weighted by Gasteiger charge is -2.19. The molecule has 0 fully saturated rings. The van der Waals surface area contributed by atoms with Crippen LogP contribution in [-0.4, -0.2) is 33.3 Å². The minimum atomic E-state index is -4.87. The van der Waals surface area contributed by atoms with Gasteiger partial charge in [0.1, 0.15) is 22.6 Å². The van der Waals surface area contributed by atoms with E-state index in [0.29, 0.717) is 6.07 Å². The van der Waals surface area contributed by atoms with Gasteiger partial charge in [0.25, 0.3) is 0 Å². The summed E-state index contributed by atoms with van der Waals surface area (Å²) in [4.78, 5) is 0. The second-order valence-corrected chi connectivity index (χ2v) is 10.2. The summed E-state index contributed by atoms with van der Waals surface area (Å²) in [5, 5.41) is 0. The molecule has 33 heavy (non-hydrogen) atoms. The Morgan fingerprint density at radius 1 is 1.00 bits per heavy atom. The highest BCUT2D eigenvalue weighted by Crippen LogP contribution is 2.30. The van der Waals surface area contributed by atoms with E-state index in [9.17, 15) is 30.6 Å². The number of hydrogen-bond acceptors (Lipinski definition) is 3. The molecule has 0 heterocycles. The Labute approximate surface area is 190 Å². The summed E-state index contributed by atoms with van der Waals surface area (Å²) in [6, 6.07) is 5.75. The van der Waals surface area contributed by atoms with Gasteiger partial charge in [0.2, 0.25) is 0 Å². The Bertz CT molecular complexity index is 1050. The zero-order valence-electron chi connectivity index (χ0n) is 18.5. The molecule has 2 rings (SSSR count). The minimum Gasteiger partial charge on any atom is -0.488 e. The molecule has 0 N–H and O–H groups in total. The number of nitrogens with zero attached hydrogens (tertiary/aromatic N) is 1. The van der Waals surface area contributed by atoms with Gasteiger partial charge in [-0.2, -0.15) is 22.0 Å². The number of benzene rings is 2. The van der Waals surface area contributed by atoms with Crippen molar-refractivity contribution >= 4 is 16.7 Å². The summed E-state index contributed by atoms with van der Waals surface area (Å²) in [6.45, 7) is 8.17. The third-order valence-corrected chi connectivity index (χ3v) is 5.31. The van der Waals surface area contributed by atoms with Crippen molar-refractivity contribution in [3.8, 4) is 11.5 Å². The van der Waals surface area contributed by atoms with E-state index >= 15 is 0 Å². The highest BCUT2D eigenvalue weighted by Gasteiger charge is 2.44. The SMILES string of the molecule is CC(C)Oc1cc(/C(=N/[S@](=O)C(C)(C)C)c2cc(F)cc(OC(F)(F)C(F)F)c2)ccc1F. The van der Waals surface area contributed by atoms with Gasteiger partial charge in [-0.05, 0) is 65.0 Å². The maximum atomic E-state index is 14.2. The second-order valence-electron chi connectivity index (χ2n) is 8.25. The van der Waals surface area contributed by atoms with Crippen molar-refractivity contribution in [2.45, 2.75) is 58.0 Å². The lowest BCUT2D eigenvalue weighted by Crippen LogP contribution is -2.33. The highest BCUT2D eigenvalue weighted by molar-refractivity contribution is 7.85. The molecule has 0 unspecified atom stereocenters. The van der Waals surface area contributed by atoms with Crippen molar-refractivity contribution in [2.75, 3.05) is 0 Å². The monoisotopic (exact) mass is 495 g/mol. The normalized spacial score (nSPS) is 14.0. The van der Waals surface area contributed by atoms with Crippen molar-refractivity contribution in [3.05, 3.63) is 59.2 Å². The predicted octanol–water partition coefficient (Wildman–Crippen LogP) is 6.29. The third kappa shape index (κ3) is 7.21. The van der Waals surface area contributed by atoms with Crippen LogP contribution in [0.1, 0.15) is 45.7 Å². The van der Waals surface area contributed by atoms with Crippen LogP contribution < -0.4 is 9.47 Å². The summed E-state index contributed by atoms with van der Waals surface area (Å²) in [6.07, 6.45) is -9.42. The Hall–Kier alpha value is -2.56. The first-order valence-electron chi connectivity index (χ1n) is 9.73. The topological polar surface area (TPSA) is 47.9 Å². The van der Waals surface area contributed by atoms with E-state index in [1.54, 1.807) is 34.6 Å². The molecular weight excluding hydrogens is 472 g/mol. The van der Waals surface area contributed by atoms with Gasteiger partial charge >= 0.3 is 12.5 Å². The molecule has 182 valence electrons. The first-order chi connectivity index (χ1) is 15.1. The Morgan fingerprint density at radius 2 is 1.64 bits per heavy atom. The number of rotatable bonds is 8. The number of halogens is 6. The molecule has 11 heteroatoms. The zero-order valence-corrected chi connectivity index (χ0v) is 19.3. The lowest BCUT2D eigenvalue weighted by atomic mass is 10.0. The molecule has 4 nitrogen and oxygen atoms in total. The fourth-order valence-corrected chi connectivity index (χ4v) is 3.10. The standard InChI is InChI=1S/C22H23F6NO3S/c1-12(2)31-18-10-13(6-7-17(18)24)19(29-33(30)21(3,4)5)14-8-15(23)11-16(9-14)32-22(27,28)20(25)26/h6-12,20H,1-5H3/b29-19-/t33-/m1/s1. The first kappa shape index (κ1) is 26.7. The number of hydrogen-bond donors (Lipinski definition) is 0. The molecule has 0 aromatic heterocycles. The number of ether oxygens (including phenoxy) is 2. The molecule has 0 saturated carbocycles. The molecule has 0 aliphatic heterocycles. The van der Waals surface area contributed by atoms with Crippen molar-refractivity contribution in [3.63, 3.8) is 0 Å². The largest absolute Gasteiger partial charge is 0.488 e. The number of alkyl halides is 4. The van der Waals surface area contributed by atoms with Gasteiger partial charge in [-0.15, -0.1) is 0 Å². The van der Waals surface area contributed by atoms with E-state index in [-0.39, 0.29) is 22.6 Å². The molecule has 0 saturated heterocycles.